The highest BCUT2D eigenvalue weighted by atomic mass is 79.9. The van der Waals surface area contributed by atoms with Crippen molar-refractivity contribution in [3.05, 3.63) is 20.8 Å². The van der Waals surface area contributed by atoms with Crippen LogP contribution in [0.4, 0.5) is 0 Å². The summed E-state index contributed by atoms with van der Waals surface area (Å²) in [4.78, 5) is 1.40. The number of hydrogen-bond donors (Lipinski definition) is 2. The van der Waals surface area contributed by atoms with Crippen LogP contribution in [-0.4, -0.2) is 18.3 Å². The van der Waals surface area contributed by atoms with Gasteiger partial charge in [-0.05, 0) is 66.7 Å². The van der Waals surface area contributed by atoms with E-state index in [4.69, 9.17) is 0 Å². The van der Waals surface area contributed by atoms with Gasteiger partial charge in [0.1, 0.15) is 0 Å². The molecule has 1 aromatic rings. The van der Waals surface area contributed by atoms with Gasteiger partial charge in [0.2, 0.25) is 0 Å². The van der Waals surface area contributed by atoms with E-state index in [1.807, 2.05) is 7.05 Å². The Morgan fingerprint density at radius 3 is 2.56 bits per heavy atom. The summed E-state index contributed by atoms with van der Waals surface area (Å²) in [7, 11) is 2.03. The molecule has 0 spiro atoms. The van der Waals surface area contributed by atoms with Crippen LogP contribution >= 0.6 is 27.3 Å². The van der Waals surface area contributed by atoms with Crippen LogP contribution in [0.5, 0.6) is 0 Å². The molecule has 0 aliphatic heterocycles. The zero-order chi connectivity index (χ0) is 11.5. The van der Waals surface area contributed by atoms with E-state index in [2.05, 4.69) is 33.4 Å². The molecule has 16 heavy (non-hydrogen) atoms. The average Bonchev–Trinajstić information content (AvgIpc) is 2.69. The minimum absolute atomic E-state index is 0.0659. The van der Waals surface area contributed by atoms with Gasteiger partial charge in [-0.15, -0.1) is 11.3 Å². The van der Waals surface area contributed by atoms with E-state index >= 15 is 0 Å². The third-order valence-corrected chi connectivity index (χ3v) is 5.13. The predicted molar refractivity (Wildman–Crippen MR) is 71.8 cm³/mol. The van der Waals surface area contributed by atoms with Crippen LogP contribution in [-0.2, 0) is 0 Å². The molecule has 2 N–H and O–H groups in total. The Hall–Kier alpha value is 0.1000. The van der Waals surface area contributed by atoms with Crippen LogP contribution in [0, 0.1) is 5.92 Å². The third kappa shape index (κ3) is 2.86. The molecule has 1 unspecified atom stereocenters. The Morgan fingerprint density at radius 2 is 2.06 bits per heavy atom. The molecule has 1 aromatic heterocycles. The molecular weight excluding hydrogens is 286 g/mol. The smallest absolute Gasteiger partial charge is 0.0701 e. The fraction of sp³-hybridized carbons (Fsp3) is 0.667. The van der Waals surface area contributed by atoms with Crippen molar-refractivity contribution in [1.29, 1.82) is 0 Å². The molecule has 0 amide bonds. The van der Waals surface area contributed by atoms with Crippen molar-refractivity contribution in [1.82, 2.24) is 5.32 Å². The van der Waals surface area contributed by atoms with Gasteiger partial charge in [0.05, 0.1) is 9.89 Å². The lowest BCUT2D eigenvalue weighted by atomic mass is 9.82. The normalized spacial score (nSPS) is 27.9. The summed E-state index contributed by atoms with van der Waals surface area (Å²) in [6.07, 6.45) is 4.10. The Bertz CT molecular complexity index is 334. The second kappa shape index (κ2) is 5.63. The van der Waals surface area contributed by atoms with Crippen LogP contribution in [0.25, 0.3) is 0 Å². The Balaban J connectivity index is 2.05. The third-order valence-electron chi connectivity index (χ3n) is 3.42. The van der Waals surface area contributed by atoms with Crippen molar-refractivity contribution in [3.63, 3.8) is 0 Å². The second-order valence-corrected chi connectivity index (χ2v) is 6.97. The number of halogens is 1. The minimum atomic E-state index is -0.0659. The van der Waals surface area contributed by atoms with Crippen LogP contribution in [0.2, 0.25) is 0 Å². The average molecular weight is 304 g/mol. The zero-order valence-corrected chi connectivity index (χ0v) is 11.9. The molecule has 0 aromatic carbocycles. The van der Waals surface area contributed by atoms with Gasteiger partial charge >= 0.3 is 0 Å². The van der Waals surface area contributed by atoms with E-state index in [-0.39, 0.29) is 6.10 Å². The first-order chi connectivity index (χ1) is 7.70. The quantitative estimate of drug-likeness (QED) is 0.898. The van der Waals surface area contributed by atoms with Gasteiger partial charge in [-0.2, -0.15) is 0 Å². The maximum atomic E-state index is 9.53. The number of hydrogen-bond acceptors (Lipinski definition) is 3. The lowest BCUT2D eigenvalue weighted by Crippen LogP contribution is -2.29. The first-order valence-electron chi connectivity index (χ1n) is 5.81. The van der Waals surface area contributed by atoms with Gasteiger partial charge in [-0.25, -0.2) is 0 Å². The molecule has 0 bridgehead atoms. The molecule has 4 heteroatoms. The first-order valence-corrected chi connectivity index (χ1v) is 7.42. The SMILES string of the molecule is CNC(c1ccc(Br)s1)C1CCC(O)CC1. The molecule has 2 nitrogen and oxygen atoms in total. The predicted octanol–water partition coefficient (Wildman–Crippen LogP) is 3.32. The van der Waals surface area contributed by atoms with Gasteiger partial charge in [-0.1, -0.05) is 0 Å². The van der Waals surface area contributed by atoms with E-state index < -0.39 is 0 Å². The Labute approximate surface area is 109 Å². The summed E-state index contributed by atoms with van der Waals surface area (Å²) in [5, 5.41) is 13.0. The van der Waals surface area contributed by atoms with E-state index in [0.29, 0.717) is 12.0 Å². The van der Waals surface area contributed by atoms with E-state index in [1.165, 1.54) is 8.66 Å². The lowest BCUT2D eigenvalue weighted by Gasteiger charge is -2.31. The van der Waals surface area contributed by atoms with Crippen molar-refractivity contribution < 1.29 is 5.11 Å². The number of thiophene rings is 1. The zero-order valence-electron chi connectivity index (χ0n) is 9.45. The molecule has 2 rings (SSSR count). The standard InChI is InChI=1S/C12H18BrNOS/c1-14-12(10-6-7-11(13)16-10)8-2-4-9(15)5-3-8/h6-9,12,14-15H,2-5H2,1H3. The molecule has 1 fully saturated rings. The molecule has 1 aliphatic carbocycles. The van der Waals surface area contributed by atoms with Gasteiger partial charge in [-0.3, -0.25) is 0 Å². The van der Waals surface area contributed by atoms with Gasteiger partial charge in [0.25, 0.3) is 0 Å². The summed E-state index contributed by atoms with van der Waals surface area (Å²) in [6, 6.07) is 4.76. The highest BCUT2D eigenvalue weighted by Crippen LogP contribution is 2.37. The summed E-state index contributed by atoms with van der Waals surface area (Å²) < 4.78 is 1.19. The van der Waals surface area contributed by atoms with Gasteiger partial charge < -0.3 is 10.4 Å². The molecule has 1 aliphatic rings. The molecular formula is C12H18BrNOS. The molecule has 0 radical (unpaired) electrons. The van der Waals surface area contributed by atoms with E-state index in [1.54, 1.807) is 11.3 Å². The molecule has 1 heterocycles. The fourth-order valence-corrected chi connectivity index (χ4v) is 4.17. The van der Waals surface area contributed by atoms with Crippen molar-refractivity contribution in [2.75, 3.05) is 7.05 Å². The largest absolute Gasteiger partial charge is 0.393 e. The van der Waals surface area contributed by atoms with Gasteiger partial charge in [0.15, 0.2) is 0 Å². The van der Waals surface area contributed by atoms with Crippen molar-refractivity contribution in [2.45, 2.75) is 37.8 Å². The molecule has 1 atom stereocenters. The summed E-state index contributed by atoms with van der Waals surface area (Å²) >= 11 is 5.32. The highest BCUT2D eigenvalue weighted by Gasteiger charge is 2.27. The number of aliphatic hydroxyl groups excluding tert-OH is 1. The van der Waals surface area contributed by atoms with Crippen LogP contribution < -0.4 is 5.32 Å². The summed E-state index contributed by atoms with van der Waals surface area (Å²) in [5.41, 5.74) is 0. The Kier molecular flexibility index (Phi) is 4.41. The summed E-state index contributed by atoms with van der Waals surface area (Å²) in [5.74, 6) is 0.666. The summed E-state index contributed by atoms with van der Waals surface area (Å²) in [6.45, 7) is 0. The topological polar surface area (TPSA) is 32.3 Å². The van der Waals surface area contributed by atoms with Crippen LogP contribution in [0.1, 0.15) is 36.6 Å². The number of aliphatic hydroxyl groups is 1. The maximum Gasteiger partial charge on any atom is 0.0701 e. The van der Waals surface area contributed by atoms with Crippen molar-refractivity contribution >= 4 is 27.3 Å². The molecule has 0 saturated heterocycles. The number of rotatable bonds is 3. The first kappa shape index (κ1) is 12.6. The van der Waals surface area contributed by atoms with E-state index in [9.17, 15) is 5.11 Å². The van der Waals surface area contributed by atoms with Crippen LogP contribution in [0.15, 0.2) is 15.9 Å². The minimum Gasteiger partial charge on any atom is -0.393 e. The molecule has 1 saturated carbocycles. The second-order valence-electron chi connectivity index (χ2n) is 4.48. The molecule has 90 valence electrons. The van der Waals surface area contributed by atoms with Crippen LogP contribution in [0.3, 0.4) is 0 Å². The monoisotopic (exact) mass is 303 g/mol. The van der Waals surface area contributed by atoms with Gasteiger partial charge in [0, 0.05) is 10.9 Å². The lowest BCUT2D eigenvalue weighted by molar-refractivity contribution is 0.0985. The fourth-order valence-electron chi connectivity index (χ4n) is 2.54. The van der Waals surface area contributed by atoms with Crippen molar-refractivity contribution in [2.24, 2.45) is 5.92 Å². The van der Waals surface area contributed by atoms with E-state index in [0.717, 1.165) is 25.7 Å². The van der Waals surface area contributed by atoms with Crippen molar-refractivity contribution in [3.8, 4) is 0 Å². The Morgan fingerprint density at radius 1 is 1.38 bits per heavy atom. The number of nitrogens with one attached hydrogen (secondary N) is 1. The maximum absolute atomic E-state index is 9.53. The highest BCUT2D eigenvalue weighted by molar-refractivity contribution is 9.11.